The number of aromatic amines is 1. The Balaban J connectivity index is 2.60. The van der Waals surface area contributed by atoms with Gasteiger partial charge in [0.1, 0.15) is 5.69 Å². The molecule has 0 atom stereocenters. The zero-order valence-electron chi connectivity index (χ0n) is 7.50. The topological polar surface area (TPSA) is 45.8 Å². The average molecular weight is 208 g/mol. The molecule has 0 aliphatic rings. The van der Waals surface area contributed by atoms with E-state index < -0.39 is 11.6 Å². The Morgan fingerprint density at radius 2 is 1.93 bits per heavy atom. The summed E-state index contributed by atoms with van der Waals surface area (Å²) < 4.78 is 25.5. The minimum Gasteiger partial charge on any atom is -0.287 e. The summed E-state index contributed by atoms with van der Waals surface area (Å²) in [6.07, 6.45) is 1.37. The number of benzene rings is 1. The van der Waals surface area contributed by atoms with E-state index in [0.29, 0.717) is 0 Å². The Kier molecular flexibility index (Phi) is 2.29. The summed E-state index contributed by atoms with van der Waals surface area (Å²) in [5, 5.41) is 6.16. The summed E-state index contributed by atoms with van der Waals surface area (Å²) in [7, 11) is 0. The minimum atomic E-state index is -1.00. The third kappa shape index (κ3) is 1.76. The van der Waals surface area contributed by atoms with Gasteiger partial charge in [-0.3, -0.25) is 9.89 Å². The number of nitrogens with zero attached hydrogens (tertiary/aromatic N) is 1. The highest BCUT2D eigenvalue weighted by molar-refractivity contribution is 5.58. The first-order valence-corrected chi connectivity index (χ1v) is 4.18. The van der Waals surface area contributed by atoms with E-state index in [0.717, 1.165) is 12.1 Å². The lowest BCUT2D eigenvalue weighted by atomic mass is 10.1. The average Bonchev–Trinajstić information content (AvgIpc) is 2.23. The van der Waals surface area contributed by atoms with Crippen LogP contribution in [0.5, 0.6) is 0 Å². The summed E-state index contributed by atoms with van der Waals surface area (Å²) in [4.78, 5) is 11.3. The molecule has 0 unspecified atom stereocenters. The molecule has 1 aromatic carbocycles. The predicted octanol–water partition coefficient (Wildman–Crippen LogP) is 1.72. The van der Waals surface area contributed by atoms with Gasteiger partial charge in [0.15, 0.2) is 11.6 Å². The molecular weight excluding hydrogens is 202 g/mol. The molecule has 0 fully saturated rings. The monoisotopic (exact) mass is 208 g/mol. The van der Waals surface area contributed by atoms with Crippen LogP contribution >= 0.6 is 0 Å². The second-order valence-corrected chi connectivity index (χ2v) is 2.92. The van der Waals surface area contributed by atoms with Crippen molar-refractivity contribution in [3.63, 3.8) is 0 Å². The summed E-state index contributed by atoms with van der Waals surface area (Å²) in [5.74, 6) is -1.95. The van der Waals surface area contributed by atoms with Gasteiger partial charge in [0.25, 0.3) is 0 Å². The first kappa shape index (κ1) is 9.51. The van der Waals surface area contributed by atoms with Gasteiger partial charge in [-0.2, -0.15) is 5.10 Å². The standard InChI is InChI=1S/C10H6F2N2O/c11-7-2-1-6(5-8(7)12)10-9(15)3-4-13-14-10/h1-5H,(H,13,15). The number of rotatable bonds is 1. The number of aromatic nitrogens is 2. The largest absolute Gasteiger partial charge is 0.287 e. The van der Waals surface area contributed by atoms with Crippen LogP contribution in [-0.4, -0.2) is 10.2 Å². The number of H-pyrrole nitrogens is 1. The summed E-state index contributed by atoms with van der Waals surface area (Å²) in [5.41, 5.74) is -0.0353. The fourth-order valence-electron chi connectivity index (χ4n) is 1.20. The zero-order valence-corrected chi connectivity index (χ0v) is 7.50. The normalized spacial score (nSPS) is 10.3. The Hall–Kier alpha value is -2.04. The highest BCUT2D eigenvalue weighted by Gasteiger charge is 2.07. The highest BCUT2D eigenvalue weighted by Crippen LogP contribution is 2.15. The van der Waals surface area contributed by atoms with Gasteiger partial charge in [0, 0.05) is 17.8 Å². The van der Waals surface area contributed by atoms with Crippen molar-refractivity contribution in [3.8, 4) is 11.3 Å². The van der Waals surface area contributed by atoms with Gasteiger partial charge in [-0.25, -0.2) is 8.78 Å². The van der Waals surface area contributed by atoms with E-state index in [1.807, 2.05) is 0 Å². The fourth-order valence-corrected chi connectivity index (χ4v) is 1.20. The quantitative estimate of drug-likeness (QED) is 0.775. The molecule has 0 saturated heterocycles. The molecule has 2 rings (SSSR count). The smallest absolute Gasteiger partial charge is 0.208 e. The first-order chi connectivity index (χ1) is 7.18. The molecule has 0 saturated carbocycles. The molecule has 0 aliphatic heterocycles. The maximum absolute atomic E-state index is 12.9. The van der Waals surface area contributed by atoms with Crippen LogP contribution in [0.1, 0.15) is 0 Å². The van der Waals surface area contributed by atoms with Crippen LogP contribution in [0.4, 0.5) is 8.78 Å². The van der Waals surface area contributed by atoms with E-state index in [9.17, 15) is 13.6 Å². The maximum Gasteiger partial charge on any atom is 0.208 e. The molecule has 0 bridgehead atoms. The fraction of sp³-hybridized carbons (Fsp3) is 0. The molecule has 2 aromatic rings. The second kappa shape index (κ2) is 3.61. The van der Waals surface area contributed by atoms with Crippen molar-refractivity contribution in [2.24, 2.45) is 0 Å². The van der Waals surface area contributed by atoms with Crippen molar-refractivity contribution in [2.45, 2.75) is 0 Å². The van der Waals surface area contributed by atoms with Crippen LogP contribution in [-0.2, 0) is 0 Å². The third-order valence-electron chi connectivity index (χ3n) is 1.91. The van der Waals surface area contributed by atoms with E-state index in [1.54, 1.807) is 0 Å². The number of nitrogens with one attached hydrogen (secondary N) is 1. The van der Waals surface area contributed by atoms with E-state index in [4.69, 9.17) is 0 Å². The van der Waals surface area contributed by atoms with Crippen molar-refractivity contribution in [1.82, 2.24) is 10.2 Å². The molecule has 15 heavy (non-hydrogen) atoms. The van der Waals surface area contributed by atoms with Gasteiger partial charge >= 0.3 is 0 Å². The van der Waals surface area contributed by atoms with Crippen molar-refractivity contribution in [2.75, 3.05) is 0 Å². The Labute approximate surface area is 83.4 Å². The molecule has 5 heteroatoms. The summed E-state index contributed by atoms with van der Waals surface area (Å²) in [6.45, 7) is 0. The van der Waals surface area contributed by atoms with Crippen molar-refractivity contribution in [3.05, 3.63) is 52.3 Å². The van der Waals surface area contributed by atoms with E-state index >= 15 is 0 Å². The Bertz CT molecular complexity index is 551. The second-order valence-electron chi connectivity index (χ2n) is 2.92. The molecule has 3 nitrogen and oxygen atoms in total. The van der Waals surface area contributed by atoms with Gasteiger partial charge in [-0.15, -0.1) is 0 Å². The van der Waals surface area contributed by atoms with Crippen molar-refractivity contribution in [1.29, 1.82) is 0 Å². The number of halogens is 2. The SMILES string of the molecule is O=c1cc[nH]nc1-c1ccc(F)c(F)c1. The van der Waals surface area contributed by atoms with Crippen LogP contribution in [0.25, 0.3) is 11.3 Å². The Morgan fingerprint density at radius 3 is 2.60 bits per heavy atom. The van der Waals surface area contributed by atoms with Crippen molar-refractivity contribution >= 4 is 0 Å². The molecule has 1 heterocycles. The highest BCUT2D eigenvalue weighted by atomic mass is 19.2. The zero-order chi connectivity index (χ0) is 10.8. The predicted molar refractivity (Wildman–Crippen MR) is 50.2 cm³/mol. The molecular formula is C10H6F2N2O. The summed E-state index contributed by atoms with van der Waals surface area (Å²) >= 11 is 0. The van der Waals surface area contributed by atoms with Gasteiger partial charge in [0.05, 0.1) is 0 Å². The third-order valence-corrected chi connectivity index (χ3v) is 1.91. The van der Waals surface area contributed by atoms with Crippen LogP contribution < -0.4 is 5.43 Å². The van der Waals surface area contributed by atoms with Gasteiger partial charge in [-0.1, -0.05) is 0 Å². The van der Waals surface area contributed by atoms with E-state index in [2.05, 4.69) is 10.2 Å². The molecule has 1 N–H and O–H groups in total. The molecule has 0 amide bonds. The number of hydrogen-bond acceptors (Lipinski definition) is 2. The van der Waals surface area contributed by atoms with Crippen LogP contribution in [0.2, 0.25) is 0 Å². The van der Waals surface area contributed by atoms with E-state index in [1.165, 1.54) is 18.3 Å². The Morgan fingerprint density at radius 1 is 1.13 bits per heavy atom. The molecule has 0 spiro atoms. The lowest BCUT2D eigenvalue weighted by Gasteiger charge is -1.99. The van der Waals surface area contributed by atoms with E-state index in [-0.39, 0.29) is 16.7 Å². The first-order valence-electron chi connectivity index (χ1n) is 4.18. The molecule has 1 aromatic heterocycles. The lowest BCUT2D eigenvalue weighted by molar-refractivity contribution is 0.509. The van der Waals surface area contributed by atoms with Crippen LogP contribution in [0, 0.1) is 11.6 Å². The maximum atomic E-state index is 12.9. The van der Waals surface area contributed by atoms with Crippen LogP contribution in [0.15, 0.2) is 35.3 Å². The molecule has 76 valence electrons. The molecule has 0 aliphatic carbocycles. The molecule has 0 radical (unpaired) electrons. The van der Waals surface area contributed by atoms with Gasteiger partial charge in [-0.05, 0) is 18.2 Å². The summed E-state index contributed by atoms with van der Waals surface area (Å²) in [6, 6.07) is 4.46. The van der Waals surface area contributed by atoms with Gasteiger partial charge in [0.2, 0.25) is 5.43 Å². The lowest BCUT2D eigenvalue weighted by Crippen LogP contribution is -2.06. The van der Waals surface area contributed by atoms with Crippen molar-refractivity contribution < 1.29 is 8.78 Å². The minimum absolute atomic E-state index is 0.0661. The van der Waals surface area contributed by atoms with Crippen LogP contribution in [0.3, 0.4) is 0 Å². The number of hydrogen-bond donors (Lipinski definition) is 1. The van der Waals surface area contributed by atoms with Gasteiger partial charge < -0.3 is 0 Å².